The molecule has 5 nitrogen and oxygen atoms in total. The Bertz CT molecular complexity index is 632. The molecule has 0 N–H and O–H groups in total. The van der Waals surface area contributed by atoms with E-state index in [1.807, 2.05) is 0 Å². The lowest BCUT2D eigenvalue weighted by atomic mass is 9.95. The SMILES string of the molecule is COC1CN(C(=O)c2cccc(S(=O)(=O)Cl)c2)CCC1C. The van der Waals surface area contributed by atoms with Gasteiger partial charge >= 0.3 is 0 Å². The molecule has 2 atom stereocenters. The number of piperidine rings is 1. The van der Waals surface area contributed by atoms with Crippen LogP contribution >= 0.6 is 10.7 Å². The van der Waals surface area contributed by atoms with Crippen LogP contribution in [-0.2, 0) is 13.8 Å². The number of carbonyl (C=O) groups excluding carboxylic acids is 1. The molecule has 0 bridgehead atoms. The normalized spacial score (nSPS) is 23.1. The van der Waals surface area contributed by atoms with Crippen molar-refractivity contribution in [1.82, 2.24) is 4.90 Å². The van der Waals surface area contributed by atoms with Crippen molar-refractivity contribution < 1.29 is 17.9 Å². The number of amides is 1. The van der Waals surface area contributed by atoms with Crippen molar-refractivity contribution in [2.75, 3.05) is 20.2 Å². The minimum atomic E-state index is -3.84. The van der Waals surface area contributed by atoms with Crippen LogP contribution < -0.4 is 0 Å². The maximum absolute atomic E-state index is 12.5. The minimum Gasteiger partial charge on any atom is -0.379 e. The maximum atomic E-state index is 12.5. The van der Waals surface area contributed by atoms with Crippen LogP contribution in [0.4, 0.5) is 0 Å². The van der Waals surface area contributed by atoms with Gasteiger partial charge in [-0.2, -0.15) is 0 Å². The zero-order valence-electron chi connectivity index (χ0n) is 12.0. The molecule has 116 valence electrons. The van der Waals surface area contributed by atoms with Gasteiger partial charge in [0.15, 0.2) is 0 Å². The lowest BCUT2D eigenvalue weighted by Crippen LogP contribution is -2.46. The number of carbonyl (C=O) groups is 1. The van der Waals surface area contributed by atoms with Gasteiger partial charge < -0.3 is 9.64 Å². The Morgan fingerprint density at radius 1 is 1.43 bits per heavy atom. The van der Waals surface area contributed by atoms with Crippen molar-refractivity contribution in [1.29, 1.82) is 0 Å². The zero-order chi connectivity index (χ0) is 15.6. The first kappa shape index (κ1) is 16.3. The molecule has 0 radical (unpaired) electrons. The molecule has 1 aromatic rings. The molecule has 1 aliphatic rings. The second-order valence-corrected chi connectivity index (χ2v) is 7.82. The molecule has 0 spiro atoms. The van der Waals surface area contributed by atoms with Crippen LogP contribution in [-0.4, -0.2) is 45.5 Å². The molecule has 0 aliphatic carbocycles. The highest BCUT2D eigenvalue weighted by Gasteiger charge is 2.29. The van der Waals surface area contributed by atoms with E-state index >= 15 is 0 Å². The van der Waals surface area contributed by atoms with E-state index in [0.29, 0.717) is 24.6 Å². The molecule has 1 amide bonds. The summed E-state index contributed by atoms with van der Waals surface area (Å²) in [4.78, 5) is 14.1. The summed E-state index contributed by atoms with van der Waals surface area (Å²) in [6.45, 7) is 3.24. The smallest absolute Gasteiger partial charge is 0.261 e. The fourth-order valence-electron chi connectivity index (χ4n) is 2.49. The van der Waals surface area contributed by atoms with Crippen molar-refractivity contribution in [3.8, 4) is 0 Å². The van der Waals surface area contributed by atoms with E-state index in [9.17, 15) is 13.2 Å². The third-order valence-corrected chi connectivity index (χ3v) is 5.19. The number of hydrogen-bond acceptors (Lipinski definition) is 4. The number of rotatable bonds is 3. The molecule has 1 fully saturated rings. The number of ether oxygens (including phenoxy) is 1. The van der Waals surface area contributed by atoms with Crippen molar-refractivity contribution in [3.05, 3.63) is 29.8 Å². The Labute approximate surface area is 129 Å². The Kier molecular flexibility index (Phi) is 4.91. The van der Waals surface area contributed by atoms with Gasteiger partial charge in [0.1, 0.15) is 0 Å². The molecular weight excluding hydrogens is 314 g/mol. The Balaban J connectivity index is 2.21. The summed E-state index contributed by atoms with van der Waals surface area (Å²) < 4.78 is 28.1. The second kappa shape index (κ2) is 6.34. The van der Waals surface area contributed by atoms with E-state index in [1.165, 1.54) is 18.2 Å². The van der Waals surface area contributed by atoms with E-state index in [-0.39, 0.29) is 16.9 Å². The standard InChI is InChI=1S/C14H18ClNO4S/c1-10-6-7-16(9-13(10)20-2)14(17)11-4-3-5-12(8-11)21(15,18)19/h3-5,8,10,13H,6-7,9H2,1-2H3. The number of likely N-dealkylation sites (tertiary alicyclic amines) is 1. The monoisotopic (exact) mass is 331 g/mol. The van der Waals surface area contributed by atoms with Gasteiger partial charge in [0.25, 0.3) is 15.0 Å². The number of halogens is 1. The molecule has 2 rings (SSSR count). The number of hydrogen-bond donors (Lipinski definition) is 0. The highest BCUT2D eigenvalue weighted by atomic mass is 35.7. The molecule has 1 aliphatic heterocycles. The largest absolute Gasteiger partial charge is 0.379 e. The lowest BCUT2D eigenvalue weighted by molar-refractivity contribution is -0.00157. The summed E-state index contributed by atoms with van der Waals surface area (Å²) in [6, 6.07) is 5.79. The van der Waals surface area contributed by atoms with Gasteiger partial charge in [0.2, 0.25) is 0 Å². The van der Waals surface area contributed by atoms with Crippen LogP contribution in [0, 0.1) is 5.92 Å². The minimum absolute atomic E-state index is 0.00245. The molecule has 21 heavy (non-hydrogen) atoms. The predicted octanol–water partition coefficient (Wildman–Crippen LogP) is 2.11. The van der Waals surface area contributed by atoms with Gasteiger partial charge in [-0.3, -0.25) is 4.79 Å². The van der Waals surface area contributed by atoms with Crippen molar-refractivity contribution in [2.45, 2.75) is 24.3 Å². The molecule has 1 heterocycles. The molecule has 2 unspecified atom stereocenters. The molecular formula is C14H18ClNO4S. The van der Waals surface area contributed by atoms with E-state index in [4.69, 9.17) is 15.4 Å². The predicted molar refractivity (Wildman–Crippen MR) is 80.0 cm³/mol. The number of methoxy groups -OCH3 is 1. The first-order chi connectivity index (χ1) is 9.82. The maximum Gasteiger partial charge on any atom is 0.261 e. The highest BCUT2D eigenvalue weighted by Crippen LogP contribution is 2.22. The third kappa shape index (κ3) is 3.75. The second-order valence-electron chi connectivity index (χ2n) is 5.26. The number of benzene rings is 1. The average molecular weight is 332 g/mol. The van der Waals surface area contributed by atoms with Crippen LogP contribution in [0.3, 0.4) is 0 Å². The van der Waals surface area contributed by atoms with Gasteiger partial charge in [-0.25, -0.2) is 8.42 Å². The van der Waals surface area contributed by atoms with Crippen molar-refractivity contribution in [2.24, 2.45) is 5.92 Å². The van der Waals surface area contributed by atoms with Crippen LogP contribution in [0.1, 0.15) is 23.7 Å². The molecule has 0 saturated carbocycles. The summed E-state index contributed by atoms with van der Waals surface area (Å²) in [5, 5.41) is 0. The van der Waals surface area contributed by atoms with Crippen LogP contribution in [0.5, 0.6) is 0 Å². The van der Waals surface area contributed by atoms with E-state index < -0.39 is 9.05 Å². The number of nitrogens with zero attached hydrogens (tertiary/aromatic N) is 1. The van der Waals surface area contributed by atoms with E-state index in [1.54, 1.807) is 18.1 Å². The Hall–Kier alpha value is -1.11. The fourth-order valence-corrected chi connectivity index (χ4v) is 3.29. The van der Waals surface area contributed by atoms with Gasteiger partial charge in [0.05, 0.1) is 11.0 Å². The van der Waals surface area contributed by atoms with E-state index in [2.05, 4.69) is 6.92 Å². The third-order valence-electron chi connectivity index (χ3n) is 3.84. The van der Waals surface area contributed by atoms with Crippen molar-refractivity contribution in [3.63, 3.8) is 0 Å². The summed E-state index contributed by atoms with van der Waals surface area (Å²) in [7, 11) is 3.11. The molecule has 7 heteroatoms. The van der Waals surface area contributed by atoms with Gasteiger partial charge in [-0.15, -0.1) is 0 Å². The fraction of sp³-hybridized carbons (Fsp3) is 0.500. The van der Waals surface area contributed by atoms with Gasteiger partial charge in [-0.1, -0.05) is 13.0 Å². The van der Waals surface area contributed by atoms with Gasteiger partial charge in [-0.05, 0) is 30.5 Å². The first-order valence-electron chi connectivity index (χ1n) is 6.69. The van der Waals surface area contributed by atoms with Crippen molar-refractivity contribution >= 4 is 25.6 Å². The first-order valence-corrected chi connectivity index (χ1v) is 9.00. The zero-order valence-corrected chi connectivity index (χ0v) is 13.5. The summed E-state index contributed by atoms with van der Waals surface area (Å²) in [5.74, 6) is 0.194. The molecule has 0 aromatic heterocycles. The topological polar surface area (TPSA) is 63.7 Å². The summed E-state index contributed by atoms with van der Waals surface area (Å²) in [5.41, 5.74) is 0.320. The molecule has 1 saturated heterocycles. The lowest BCUT2D eigenvalue weighted by Gasteiger charge is -2.36. The summed E-state index contributed by atoms with van der Waals surface area (Å²) in [6.07, 6.45) is 0.861. The van der Waals surface area contributed by atoms with Gasteiger partial charge in [0, 0.05) is 36.4 Å². The quantitative estimate of drug-likeness (QED) is 0.796. The summed E-state index contributed by atoms with van der Waals surface area (Å²) >= 11 is 0. The Morgan fingerprint density at radius 3 is 2.76 bits per heavy atom. The Morgan fingerprint density at radius 2 is 2.14 bits per heavy atom. The van der Waals surface area contributed by atoms with Crippen LogP contribution in [0.15, 0.2) is 29.2 Å². The molecule has 1 aromatic carbocycles. The highest BCUT2D eigenvalue weighted by molar-refractivity contribution is 8.13. The van der Waals surface area contributed by atoms with E-state index in [0.717, 1.165) is 6.42 Å². The average Bonchev–Trinajstić information content (AvgIpc) is 2.46. The van der Waals surface area contributed by atoms with Crippen LogP contribution in [0.25, 0.3) is 0 Å². The van der Waals surface area contributed by atoms with Crippen LogP contribution in [0.2, 0.25) is 0 Å².